The molecule has 168 valence electrons. The van der Waals surface area contributed by atoms with E-state index in [0.29, 0.717) is 36.4 Å². The summed E-state index contributed by atoms with van der Waals surface area (Å²) in [7, 11) is 1.57. The number of Topliss-reactive ketones (excluding diaryl/α,β-unsaturated/α-hetero) is 1. The van der Waals surface area contributed by atoms with Gasteiger partial charge in [-0.05, 0) is 55.2 Å². The minimum absolute atomic E-state index is 0.0379. The molecule has 32 heavy (non-hydrogen) atoms. The number of methoxy groups -OCH3 is 1. The molecule has 1 heterocycles. The van der Waals surface area contributed by atoms with Crippen LogP contribution in [-0.2, 0) is 19.1 Å². The first-order valence-corrected chi connectivity index (χ1v) is 10.4. The number of rotatable bonds is 7. The molecule has 0 spiro atoms. The third kappa shape index (κ3) is 4.73. The van der Waals surface area contributed by atoms with Crippen LogP contribution in [0.15, 0.2) is 48.0 Å². The largest absolute Gasteiger partial charge is 0.507 e. The monoisotopic (exact) mass is 437 g/mol. The van der Waals surface area contributed by atoms with Crippen LogP contribution in [0.1, 0.15) is 41.6 Å². The number of amides is 1. The van der Waals surface area contributed by atoms with Crippen LogP contribution < -0.4 is 4.74 Å². The molecule has 1 N–H and O–H groups in total. The molecule has 1 unspecified atom stereocenters. The van der Waals surface area contributed by atoms with Crippen molar-refractivity contribution in [3.63, 3.8) is 0 Å². The second-order valence-electron chi connectivity index (χ2n) is 7.80. The topological polar surface area (TPSA) is 93.1 Å². The van der Waals surface area contributed by atoms with Crippen molar-refractivity contribution >= 4 is 23.4 Å². The van der Waals surface area contributed by atoms with E-state index in [4.69, 9.17) is 9.47 Å². The van der Waals surface area contributed by atoms with Gasteiger partial charge in [0.2, 0.25) is 0 Å². The highest BCUT2D eigenvalue weighted by molar-refractivity contribution is 6.46. The lowest BCUT2D eigenvalue weighted by Gasteiger charge is -2.25. The number of ether oxygens (including phenoxy) is 2. The van der Waals surface area contributed by atoms with Gasteiger partial charge in [-0.3, -0.25) is 14.4 Å². The van der Waals surface area contributed by atoms with Gasteiger partial charge in [-0.2, -0.15) is 0 Å². The average Bonchev–Trinajstić information content (AvgIpc) is 3.00. The van der Waals surface area contributed by atoms with E-state index in [1.165, 1.54) is 11.8 Å². The van der Waals surface area contributed by atoms with Gasteiger partial charge < -0.3 is 19.5 Å². The number of carbonyl (C=O) groups excluding carboxylic acids is 3. The molecule has 7 heteroatoms. The van der Waals surface area contributed by atoms with E-state index in [9.17, 15) is 19.5 Å². The van der Waals surface area contributed by atoms with E-state index in [0.717, 1.165) is 11.1 Å². The number of aryl methyl sites for hydroxylation is 2. The van der Waals surface area contributed by atoms with Crippen molar-refractivity contribution in [2.24, 2.45) is 0 Å². The highest BCUT2D eigenvalue weighted by Crippen LogP contribution is 2.40. The van der Waals surface area contributed by atoms with E-state index in [1.54, 1.807) is 43.5 Å². The SMILES string of the molecule is COCCCN1C(=O)C(=O)/C(=C(\O)c2ccc(C)c(C)c2)C1c1ccc(OC(C)=O)cc1. The van der Waals surface area contributed by atoms with Crippen molar-refractivity contribution in [3.8, 4) is 5.75 Å². The molecule has 0 aliphatic carbocycles. The summed E-state index contributed by atoms with van der Waals surface area (Å²) in [5.74, 6) is -1.70. The molecule has 0 saturated carbocycles. The molecule has 3 rings (SSSR count). The van der Waals surface area contributed by atoms with Gasteiger partial charge in [-0.15, -0.1) is 0 Å². The van der Waals surface area contributed by atoms with Gasteiger partial charge in [0.25, 0.3) is 11.7 Å². The summed E-state index contributed by atoms with van der Waals surface area (Å²) in [5, 5.41) is 11.1. The molecule has 1 aliphatic rings. The Morgan fingerprint density at radius 2 is 1.75 bits per heavy atom. The molecular formula is C25H27NO6. The number of hydrogen-bond donors (Lipinski definition) is 1. The maximum atomic E-state index is 13.0. The van der Waals surface area contributed by atoms with Crippen LogP contribution in [0.5, 0.6) is 5.75 Å². The predicted octanol–water partition coefficient (Wildman–Crippen LogP) is 3.69. The zero-order chi connectivity index (χ0) is 23.4. The first-order valence-electron chi connectivity index (χ1n) is 10.4. The lowest BCUT2D eigenvalue weighted by atomic mass is 9.94. The quantitative estimate of drug-likeness (QED) is 0.177. The van der Waals surface area contributed by atoms with E-state index in [-0.39, 0.29) is 11.3 Å². The zero-order valence-corrected chi connectivity index (χ0v) is 18.7. The number of aliphatic hydroxyl groups is 1. The number of ketones is 1. The van der Waals surface area contributed by atoms with E-state index in [2.05, 4.69) is 0 Å². The van der Waals surface area contributed by atoms with Crippen molar-refractivity contribution in [1.82, 2.24) is 4.90 Å². The van der Waals surface area contributed by atoms with Gasteiger partial charge in [0.15, 0.2) is 0 Å². The zero-order valence-electron chi connectivity index (χ0n) is 18.7. The first-order chi connectivity index (χ1) is 15.2. The minimum Gasteiger partial charge on any atom is -0.507 e. The maximum Gasteiger partial charge on any atom is 0.308 e. The molecule has 0 radical (unpaired) electrons. The standard InChI is InChI=1S/C25H27NO6/c1-15-6-7-19(14-16(15)2)23(28)21-22(18-8-10-20(11-9-18)32-17(3)27)26(12-5-13-31-4)25(30)24(21)29/h6-11,14,22,28H,5,12-13H2,1-4H3/b23-21-. The van der Waals surface area contributed by atoms with Gasteiger partial charge in [-0.1, -0.05) is 24.3 Å². The van der Waals surface area contributed by atoms with E-state index in [1.807, 2.05) is 19.9 Å². The Bertz CT molecular complexity index is 1070. The molecule has 2 aromatic carbocycles. The number of aliphatic hydroxyl groups excluding tert-OH is 1. The molecule has 1 aliphatic heterocycles. The Morgan fingerprint density at radius 1 is 1.06 bits per heavy atom. The number of carbonyl (C=O) groups is 3. The van der Waals surface area contributed by atoms with Crippen molar-refractivity contribution in [2.45, 2.75) is 33.2 Å². The van der Waals surface area contributed by atoms with Crippen LogP contribution >= 0.6 is 0 Å². The van der Waals surface area contributed by atoms with Crippen molar-refractivity contribution in [3.05, 3.63) is 70.3 Å². The Labute approximate surface area is 187 Å². The van der Waals surface area contributed by atoms with Crippen LogP contribution in [0.25, 0.3) is 5.76 Å². The minimum atomic E-state index is -0.764. The number of likely N-dealkylation sites (tertiary alicyclic amines) is 1. The summed E-state index contributed by atoms with van der Waals surface area (Å²) >= 11 is 0. The fourth-order valence-corrected chi connectivity index (χ4v) is 3.76. The number of nitrogens with zero attached hydrogens (tertiary/aromatic N) is 1. The van der Waals surface area contributed by atoms with Crippen LogP contribution in [0.2, 0.25) is 0 Å². The summed E-state index contributed by atoms with van der Waals surface area (Å²) < 4.78 is 10.2. The summed E-state index contributed by atoms with van der Waals surface area (Å²) in [6, 6.07) is 11.2. The van der Waals surface area contributed by atoms with Crippen molar-refractivity contribution < 1.29 is 29.0 Å². The third-order valence-corrected chi connectivity index (χ3v) is 5.53. The molecule has 0 bridgehead atoms. The van der Waals surface area contributed by atoms with Gasteiger partial charge >= 0.3 is 5.97 Å². The third-order valence-electron chi connectivity index (χ3n) is 5.53. The van der Waals surface area contributed by atoms with Crippen LogP contribution in [0.4, 0.5) is 0 Å². The van der Waals surface area contributed by atoms with Crippen molar-refractivity contribution in [2.75, 3.05) is 20.3 Å². The lowest BCUT2D eigenvalue weighted by molar-refractivity contribution is -0.140. The van der Waals surface area contributed by atoms with E-state index < -0.39 is 23.7 Å². The average molecular weight is 437 g/mol. The Kier molecular flexibility index (Phi) is 7.10. The summed E-state index contributed by atoms with van der Waals surface area (Å²) in [6.07, 6.45) is 0.537. The van der Waals surface area contributed by atoms with E-state index >= 15 is 0 Å². The number of benzene rings is 2. The fourth-order valence-electron chi connectivity index (χ4n) is 3.76. The fraction of sp³-hybridized carbons (Fsp3) is 0.320. The molecule has 0 aromatic heterocycles. The maximum absolute atomic E-state index is 13.0. The number of esters is 1. The smallest absolute Gasteiger partial charge is 0.308 e. The first kappa shape index (κ1) is 23.2. The molecule has 1 atom stereocenters. The summed E-state index contributed by atoms with van der Waals surface area (Å²) in [5.41, 5.74) is 3.16. The van der Waals surface area contributed by atoms with Crippen LogP contribution in [0.3, 0.4) is 0 Å². The predicted molar refractivity (Wildman–Crippen MR) is 119 cm³/mol. The van der Waals surface area contributed by atoms with Crippen LogP contribution in [0, 0.1) is 13.8 Å². The second kappa shape index (κ2) is 9.78. The van der Waals surface area contributed by atoms with Crippen molar-refractivity contribution in [1.29, 1.82) is 0 Å². The Balaban J connectivity index is 2.10. The normalized spacial score (nSPS) is 17.6. The van der Waals surface area contributed by atoms with Gasteiger partial charge in [0.05, 0.1) is 11.6 Å². The molecule has 1 fully saturated rings. The van der Waals surface area contributed by atoms with Gasteiger partial charge in [-0.25, -0.2) is 0 Å². The Hall–Kier alpha value is -3.45. The molecule has 2 aromatic rings. The molecule has 1 saturated heterocycles. The summed E-state index contributed by atoms with van der Waals surface area (Å²) in [4.78, 5) is 38.6. The van der Waals surface area contributed by atoms with Gasteiger partial charge in [0, 0.05) is 32.7 Å². The number of hydrogen-bond acceptors (Lipinski definition) is 6. The van der Waals surface area contributed by atoms with Gasteiger partial charge in [0.1, 0.15) is 11.5 Å². The highest BCUT2D eigenvalue weighted by atomic mass is 16.5. The highest BCUT2D eigenvalue weighted by Gasteiger charge is 2.45. The summed E-state index contributed by atoms with van der Waals surface area (Å²) in [6.45, 7) is 5.90. The molecule has 1 amide bonds. The lowest BCUT2D eigenvalue weighted by Crippen LogP contribution is -2.31. The Morgan fingerprint density at radius 3 is 2.34 bits per heavy atom. The molecule has 7 nitrogen and oxygen atoms in total. The van der Waals surface area contributed by atoms with Crippen LogP contribution in [-0.4, -0.2) is 47.9 Å². The molecular weight excluding hydrogens is 410 g/mol. The second-order valence-corrected chi connectivity index (χ2v) is 7.80.